The van der Waals surface area contributed by atoms with Crippen LogP contribution in [0.3, 0.4) is 0 Å². The first kappa shape index (κ1) is 18.7. The Labute approximate surface area is 160 Å². The van der Waals surface area contributed by atoms with Crippen LogP contribution in [0.4, 0.5) is 0 Å². The van der Waals surface area contributed by atoms with E-state index in [1.54, 1.807) is 0 Å². The molecule has 2 N–H and O–H groups in total. The van der Waals surface area contributed by atoms with Gasteiger partial charge < -0.3 is 20.2 Å². The lowest BCUT2D eigenvalue weighted by Gasteiger charge is -2.32. The fourth-order valence-electron chi connectivity index (χ4n) is 2.63. The molecule has 0 unspecified atom stereocenters. The number of aromatic hydroxyl groups is 1. The lowest BCUT2D eigenvalue weighted by atomic mass is 10.2. The maximum absolute atomic E-state index is 10.1. The van der Waals surface area contributed by atoms with Crippen molar-refractivity contribution in [2.75, 3.05) is 46.3 Å². The van der Waals surface area contributed by atoms with E-state index in [4.69, 9.17) is 0 Å². The van der Waals surface area contributed by atoms with Crippen molar-refractivity contribution in [2.45, 2.75) is 19.4 Å². The van der Waals surface area contributed by atoms with Gasteiger partial charge in [-0.2, -0.15) is 0 Å². The van der Waals surface area contributed by atoms with Gasteiger partial charge in [0.25, 0.3) is 0 Å². The topological polar surface area (TPSA) is 38.7 Å². The van der Waals surface area contributed by atoms with E-state index in [9.17, 15) is 5.11 Å². The van der Waals surface area contributed by atoms with E-state index in [-0.39, 0.29) is 0 Å². The van der Waals surface area contributed by atoms with Gasteiger partial charge in [-0.25, -0.2) is 0 Å². The Morgan fingerprint density at radius 3 is 2.59 bits per heavy atom. The van der Waals surface area contributed by atoms with Gasteiger partial charge in [-0.05, 0) is 90.3 Å². The number of likely N-dealkylation sites (N-methyl/N-ethyl adjacent to an activating group) is 1. The normalized spacial score (nSPS) is 17.0. The minimum Gasteiger partial charge on any atom is -0.507 e. The van der Waals surface area contributed by atoms with Crippen molar-refractivity contribution in [1.29, 1.82) is 0 Å². The minimum absolute atomic E-state index is 0.422. The Kier molecular flexibility index (Phi) is 8.16. The fourth-order valence-corrected chi connectivity index (χ4v) is 4.60. The zero-order valence-electron chi connectivity index (χ0n) is 13.1. The third kappa shape index (κ3) is 6.10. The number of halogens is 2. The van der Waals surface area contributed by atoms with Crippen LogP contribution in [0.1, 0.15) is 18.4 Å². The van der Waals surface area contributed by atoms with Crippen LogP contribution >= 0.6 is 45.2 Å². The summed E-state index contributed by atoms with van der Waals surface area (Å²) in [6.45, 7) is 7.77. The monoisotopic (exact) mass is 529 g/mol. The van der Waals surface area contributed by atoms with Gasteiger partial charge in [0.15, 0.2) is 0 Å². The molecule has 0 radical (unpaired) electrons. The number of hydrogen-bond acceptors (Lipinski definition) is 4. The number of phenols is 1. The third-order valence-corrected chi connectivity index (χ3v) is 5.54. The van der Waals surface area contributed by atoms with Crippen molar-refractivity contribution in [3.05, 3.63) is 24.8 Å². The van der Waals surface area contributed by atoms with E-state index >= 15 is 0 Å². The summed E-state index contributed by atoms with van der Waals surface area (Å²) in [5.41, 5.74) is 0.996. The Morgan fingerprint density at radius 2 is 1.86 bits per heavy atom. The second-order valence-electron chi connectivity index (χ2n) is 5.92. The van der Waals surface area contributed by atoms with Crippen molar-refractivity contribution < 1.29 is 5.11 Å². The molecule has 2 rings (SSSR count). The predicted octanol–water partition coefficient (Wildman–Crippen LogP) is 2.72. The van der Waals surface area contributed by atoms with Crippen molar-refractivity contribution in [1.82, 2.24) is 15.1 Å². The van der Waals surface area contributed by atoms with Gasteiger partial charge in [-0.15, -0.1) is 0 Å². The standard InChI is InChI=1S/C16H25I2N3O/c1-20-6-8-21(9-7-20)5-3-2-4-19-12-13-10-14(17)11-15(18)16(13)22/h10-11,19,22H,2-9,12H2,1H3. The molecule has 0 spiro atoms. The maximum Gasteiger partial charge on any atom is 0.133 e. The molecular formula is C16H25I2N3O. The lowest BCUT2D eigenvalue weighted by Crippen LogP contribution is -2.44. The maximum atomic E-state index is 10.1. The largest absolute Gasteiger partial charge is 0.507 e. The van der Waals surface area contributed by atoms with Gasteiger partial charge in [-0.1, -0.05) is 0 Å². The van der Waals surface area contributed by atoms with Crippen LogP contribution in [0.15, 0.2) is 12.1 Å². The second kappa shape index (κ2) is 9.61. The Bertz CT molecular complexity index is 477. The van der Waals surface area contributed by atoms with Gasteiger partial charge >= 0.3 is 0 Å². The molecule has 0 amide bonds. The molecule has 0 atom stereocenters. The van der Waals surface area contributed by atoms with Crippen LogP contribution in [-0.2, 0) is 6.54 Å². The molecule has 1 aliphatic rings. The lowest BCUT2D eigenvalue weighted by molar-refractivity contribution is 0.152. The molecule has 124 valence electrons. The molecule has 1 aromatic carbocycles. The van der Waals surface area contributed by atoms with E-state index in [2.05, 4.69) is 73.4 Å². The van der Waals surface area contributed by atoms with Crippen LogP contribution in [0.2, 0.25) is 0 Å². The van der Waals surface area contributed by atoms with E-state index in [0.29, 0.717) is 5.75 Å². The van der Waals surface area contributed by atoms with Crippen LogP contribution in [0, 0.1) is 7.14 Å². The molecule has 0 bridgehead atoms. The van der Waals surface area contributed by atoms with E-state index < -0.39 is 0 Å². The van der Waals surface area contributed by atoms with Crippen LogP contribution in [0.5, 0.6) is 5.75 Å². The highest BCUT2D eigenvalue weighted by atomic mass is 127. The second-order valence-corrected chi connectivity index (χ2v) is 8.33. The number of unbranched alkanes of at least 4 members (excludes halogenated alkanes) is 1. The van der Waals surface area contributed by atoms with Crippen LogP contribution in [0.25, 0.3) is 0 Å². The van der Waals surface area contributed by atoms with E-state index in [1.165, 1.54) is 49.1 Å². The fraction of sp³-hybridized carbons (Fsp3) is 0.625. The third-order valence-electron chi connectivity index (χ3n) is 4.10. The quantitative estimate of drug-likeness (QED) is 0.421. The smallest absolute Gasteiger partial charge is 0.133 e. The molecular weight excluding hydrogens is 504 g/mol. The number of benzene rings is 1. The molecule has 4 nitrogen and oxygen atoms in total. The molecule has 1 saturated heterocycles. The van der Waals surface area contributed by atoms with Gasteiger partial charge in [0.2, 0.25) is 0 Å². The highest BCUT2D eigenvalue weighted by Gasteiger charge is 2.12. The number of piperazine rings is 1. The summed E-state index contributed by atoms with van der Waals surface area (Å²) in [6, 6.07) is 4.05. The molecule has 0 aromatic heterocycles. The number of phenolic OH excluding ortho intramolecular Hbond substituents is 1. The molecule has 6 heteroatoms. The number of nitrogens with zero attached hydrogens (tertiary/aromatic N) is 2. The zero-order valence-corrected chi connectivity index (χ0v) is 17.4. The first-order valence-corrected chi connectivity index (χ1v) is 10.0. The Morgan fingerprint density at radius 1 is 1.14 bits per heavy atom. The molecule has 22 heavy (non-hydrogen) atoms. The summed E-state index contributed by atoms with van der Waals surface area (Å²) < 4.78 is 2.10. The van der Waals surface area contributed by atoms with Crippen molar-refractivity contribution in [3.8, 4) is 5.75 Å². The van der Waals surface area contributed by atoms with Gasteiger partial charge in [-0.3, -0.25) is 0 Å². The summed E-state index contributed by atoms with van der Waals surface area (Å²) in [5, 5.41) is 13.5. The average molecular weight is 529 g/mol. The Hall–Kier alpha value is 0.360. The molecule has 0 saturated carbocycles. The first-order chi connectivity index (χ1) is 10.6. The van der Waals surface area contributed by atoms with Gasteiger partial charge in [0.05, 0.1) is 3.57 Å². The van der Waals surface area contributed by atoms with Crippen LogP contribution in [-0.4, -0.2) is 61.2 Å². The van der Waals surface area contributed by atoms with Crippen molar-refractivity contribution in [3.63, 3.8) is 0 Å². The van der Waals surface area contributed by atoms with E-state index in [1.807, 2.05) is 6.07 Å². The van der Waals surface area contributed by atoms with Crippen molar-refractivity contribution in [2.24, 2.45) is 0 Å². The number of nitrogens with one attached hydrogen (secondary N) is 1. The molecule has 1 aromatic rings. The summed E-state index contributed by atoms with van der Waals surface area (Å²) in [6.07, 6.45) is 2.43. The molecule has 1 fully saturated rings. The molecule has 1 heterocycles. The predicted molar refractivity (Wildman–Crippen MR) is 108 cm³/mol. The number of rotatable bonds is 7. The van der Waals surface area contributed by atoms with Crippen molar-refractivity contribution >= 4 is 45.2 Å². The van der Waals surface area contributed by atoms with Gasteiger partial charge in [0.1, 0.15) is 5.75 Å². The SMILES string of the molecule is CN1CCN(CCCCNCc2cc(I)cc(I)c2O)CC1. The molecule has 1 aliphatic heterocycles. The zero-order chi connectivity index (χ0) is 15.9. The van der Waals surface area contributed by atoms with E-state index in [0.717, 1.165) is 22.2 Å². The summed E-state index contributed by atoms with van der Waals surface area (Å²) in [4.78, 5) is 4.96. The minimum atomic E-state index is 0.422. The summed E-state index contributed by atoms with van der Waals surface area (Å²) in [5.74, 6) is 0.422. The van der Waals surface area contributed by atoms with Gasteiger partial charge in [0, 0.05) is 41.9 Å². The molecule has 0 aliphatic carbocycles. The van der Waals surface area contributed by atoms with Crippen LogP contribution < -0.4 is 5.32 Å². The first-order valence-electron chi connectivity index (χ1n) is 7.85. The highest BCUT2D eigenvalue weighted by molar-refractivity contribution is 14.1. The summed E-state index contributed by atoms with van der Waals surface area (Å²) in [7, 11) is 2.20. The number of hydrogen-bond donors (Lipinski definition) is 2. The summed E-state index contributed by atoms with van der Waals surface area (Å²) >= 11 is 4.48. The Balaban J connectivity index is 1.60. The highest BCUT2D eigenvalue weighted by Crippen LogP contribution is 2.26. The average Bonchev–Trinajstić information content (AvgIpc) is 2.49.